The van der Waals surface area contributed by atoms with Crippen LogP contribution in [-0.4, -0.2) is 31.0 Å². The number of aromatic amines is 1. The first-order valence-corrected chi connectivity index (χ1v) is 10.2. The maximum atomic E-state index is 12.4. The topological polar surface area (TPSA) is 101 Å². The molecule has 0 radical (unpaired) electrons. The Kier molecular flexibility index (Phi) is 5.04. The van der Waals surface area contributed by atoms with Crippen molar-refractivity contribution in [2.75, 3.05) is 10.6 Å². The molecule has 0 fully saturated rings. The Bertz CT molecular complexity index is 1440. The minimum absolute atomic E-state index is 0.362. The van der Waals surface area contributed by atoms with E-state index >= 15 is 0 Å². The molecule has 0 bridgehead atoms. The highest BCUT2D eigenvalue weighted by atomic mass is 35.5. The number of aryl methyl sites for hydroxylation is 1. The fraction of sp³-hybridized carbons (Fsp3) is 0.0435. The van der Waals surface area contributed by atoms with Crippen LogP contribution in [0.2, 0.25) is 5.02 Å². The summed E-state index contributed by atoms with van der Waals surface area (Å²) >= 11 is 5.97. The van der Waals surface area contributed by atoms with Crippen molar-refractivity contribution in [1.29, 1.82) is 0 Å². The summed E-state index contributed by atoms with van der Waals surface area (Å²) in [5.41, 5.74) is 5.48. The molecule has 0 saturated carbocycles. The van der Waals surface area contributed by atoms with Crippen molar-refractivity contribution < 1.29 is 4.79 Å². The highest BCUT2D eigenvalue weighted by Gasteiger charge is 2.12. The van der Waals surface area contributed by atoms with Gasteiger partial charge in [0.05, 0.1) is 11.9 Å². The van der Waals surface area contributed by atoms with Crippen molar-refractivity contribution in [3.8, 4) is 22.4 Å². The smallest absolute Gasteiger partial charge is 0.308 e. The van der Waals surface area contributed by atoms with Crippen LogP contribution in [0, 0.1) is 0 Å². The van der Waals surface area contributed by atoms with Crippen LogP contribution in [0.25, 0.3) is 33.4 Å². The molecule has 5 aromatic rings. The fourth-order valence-electron chi connectivity index (χ4n) is 3.46. The molecule has 9 heteroatoms. The summed E-state index contributed by atoms with van der Waals surface area (Å²) in [6.45, 7) is 0. The average molecular weight is 444 g/mol. The van der Waals surface area contributed by atoms with Crippen LogP contribution in [0.5, 0.6) is 0 Å². The second-order valence-electron chi connectivity index (χ2n) is 7.27. The Balaban J connectivity index is 1.42. The Morgan fingerprint density at radius 1 is 0.969 bits per heavy atom. The van der Waals surface area contributed by atoms with E-state index in [0.29, 0.717) is 22.0 Å². The number of hydrogen-bond donors (Lipinski definition) is 3. The van der Waals surface area contributed by atoms with Crippen molar-refractivity contribution in [3.63, 3.8) is 0 Å². The molecule has 0 unspecified atom stereocenters. The molecule has 0 aliphatic heterocycles. The number of rotatable bonds is 4. The number of nitrogens with zero attached hydrogens (tertiary/aromatic N) is 4. The third-order valence-electron chi connectivity index (χ3n) is 4.94. The zero-order valence-electron chi connectivity index (χ0n) is 17.0. The number of amides is 2. The molecular weight excluding hydrogens is 426 g/mol. The number of benzene rings is 2. The normalized spacial score (nSPS) is 10.9. The molecule has 3 heterocycles. The summed E-state index contributed by atoms with van der Waals surface area (Å²) < 4.78 is 1.75. The molecule has 3 aromatic heterocycles. The molecule has 2 amide bonds. The van der Waals surface area contributed by atoms with Crippen molar-refractivity contribution in [1.82, 2.24) is 25.0 Å². The lowest BCUT2D eigenvalue weighted by Crippen LogP contribution is -2.19. The first-order valence-electron chi connectivity index (χ1n) is 9.82. The molecule has 0 spiro atoms. The summed E-state index contributed by atoms with van der Waals surface area (Å²) in [5, 5.41) is 18.7. The molecule has 3 N–H and O–H groups in total. The number of pyridine rings is 1. The summed E-state index contributed by atoms with van der Waals surface area (Å²) in [4.78, 5) is 16.9. The third-order valence-corrected chi connectivity index (χ3v) is 5.17. The molecule has 5 rings (SSSR count). The van der Waals surface area contributed by atoms with Gasteiger partial charge in [0.1, 0.15) is 0 Å². The first-order chi connectivity index (χ1) is 15.5. The molecule has 0 atom stereocenters. The number of anilines is 2. The molecule has 0 saturated heterocycles. The maximum absolute atomic E-state index is 12.4. The van der Waals surface area contributed by atoms with Crippen molar-refractivity contribution in [2.24, 2.45) is 7.05 Å². The lowest BCUT2D eigenvalue weighted by molar-refractivity contribution is 0.262. The second kappa shape index (κ2) is 8.16. The van der Waals surface area contributed by atoms with E-state index in [2.05, 4.69) is 30.9 Å². The quantitative estimate of drug-likeness (QED) is 0.349. The number of halogens is 1. The van der Waals surface area contributed by atoms with Gasteiger partial charge < -0.3 is 10.6 Å². The van der Waals surface area contributed by atoms with Crippen LogP contribution >= 0.6 is 11.6 Å². The molecule has 32 heavy (non-hydrogen) atoms. The standard InChI is InChI=1S/C23H18ClN7O/c1-31-13-16(12-26-31)15-9-20-21(29-30-22(20)25-11-15)14-4-2-6-18(8-14)27-23(32)28-19-7-3-5-17(24)10-19/h2-13H,1H3,(H,25,29,30)(H2,27,28,32). The highest BCUT2D eigenvalue weighted by molar-refractivity contribution is 6.30. The zero-order valence-corrected chi connectivity index (χ0v) is 17.8. The van der Waals surface area contributed by atoms with Gasteiger partial charge in [0, 0.05) is 57.9 Å². The van der Waals surface area contributed by atoms with E-state index in [0.717, 1.165) is 27.8 Å². The van der Waals surface area contributed by atoms with Crippen LogP contribution in [0.1, 0.15) is 0 Å². The minimum Gasteiger partial charge on any atom is -0.308 e. The number of aromatic nitrogens is 5. The van der Waals surface area contributed by atoms with E-state index in [-0.39, 0.29) is 6.03 Å². The second-order valence-corrected chi connectivity index (χ2v) is 7.70. The number of carbonyl (C=O) groups is 1. The lowest BCUT2D eigenvalue weighted by Gasteiger charge is -2.09. The van der Waals surface area contributed by atoms with Crippen LogP contribution < -0.4 is 10.6 Å². The van der Waals surface area contributed by atoms with Gasteiger partial charge in [-0.2, -0.15) is 10.2 Å². The summed E-state index contributed by atoms with van der Waals surface area (Å²) in [6, 6.07) is 16.2. The highest BCUT2D eigenvalue weighted by Crippen LogP contribution is 2.30. The summed E-state index contributed by atoms with van der Waals surface area (Å²) in [6.07, 6.45) is 5.51. The van der Waals surface area contributed by atoms with Gasteiger partial charge in [-0.05, 0) is 36.4 Å². The number of nitrogens with one attached hydrogen (secondary N) is 3. The molecule has 0 aliphatic rings. The first kappa shape index (κ1) is 19.8. The molecule has 0 aliphatic carbocycles. The van der Waals surface area contributed by atoms with Gasteiger partial charge in [-0.15, -0.1) is 0 Å². The third kappa shape index (κ3) is 4.03. The van der Waals surface area contributed by atoms with Crippen molar-refractivity contribution >= 4 is 40.0 Å². The molecule has 8 nitrogen and oxygen atoms in total. The average Bonchev–Trinajstić information content (AvgIpc) is 3.39. The SMILES string of the molecule is Cn1cc(-c2cnc3n[nH]c(-c4cccc(NC(=O)Nc5cccc(Cl)c5)c4)c3c2)cn1. The van der Waals surface area contributed by atoms with Crippen LogP contribution in [-0.2, 0) is 7.05 Å². The maximum Gasteiger partial charge on any atom is 0.323 e. The van der Waals surface area contributed by atoms with Crippen LogP contribution in [0.4, 0.5) is 16.2 Å². The van der Waals surface area contributed by atoms with Gasteiger partial charge in [-0.25, -0.2) is 9.78 Å². The molecular formula is C23H18ClN7O. The Hall–Kier alpha value is -4.17. The number of urea groups is 1. The Morgan fingerprint density at radius 3 is 2.50 bits per heavy atom. The van der Waals surface area contributed by atoms with Gasteiger partial charge in [0.15, 0.2) is 5.65 Å². The minimum atomic E-state index is -0.362. The summed E-state index contributed by atoms with van der Waals surface area (Å²) in [5.74, 6) is 0. The predicted octanol–water partition coefficient (Wildman–Crippen LogP) is 5.32. The van der Waals surface area contributed by atoms with E-state index < -0.39 is 0 Å². The van der Waals surface area contributed by atoms with Gasteiger partial charge in [0.25, 0.3) is 0 Å². The Labute approximate surface area is 188 Å². The molecule has 158 valence electrons. The van der Waals surface area contributed by atoms with Crippen LogP contribution in [0.3, 0.4) is 0 Å². The van der Waals surface area contributed by atoms with E-state index in [1.807, 2.05) is 43.6 Å². The van der Waals surface area contributed by atoms with Crippen molar-refractivity contribution in [3.05, 3.63) is 78.2 Å². The number of H-pyrrole nitrogens is 1. The number of fused-ring (bicyclic) bond motifs is 1. The number of carbonyl (C=O) groups excluding carboxylic acids is 1. The zero-order chi connectivity index (χ0) is 22.1. The van der Waals surface area contributed by atoms with Crippen molar-refractivity contribution in [2.45, 2.75) is 0 Å². The van der Waals surface area contributed by atoms with E-state index in [1.54, 1.807) is 41.3 Å². The van der Waals surface area contributed by atoms with Gasteiger partial charge in [-0.3, -0.25) is 9.78 Å². The van der Waals surface area contributed by atoms with Gasteiger partial charge in [-0.1, -0.05) is 29.8 Å². The van der Waals surface area contributed by atoms with Gasteiger partial charge in [0.2, 0.25) is 0 Å². The van der Waals surface area contributed by atoms with E-state index in [9.17, 15) is 4.79 Å². The summed E-state index contributed by atoms with van der Waals surface area (Å²) in [7, 11) is 1.87. The van der Waals surface area contributed by atoms with Gasteiger partial charge >= 0.3 is 6.03 Å². The predicted molar refractivity (Wildman–Crippen MR) is 126 cm³/mol. The monoisotopic (exact) mass is 443 g/mol. The van der Waals surface area contributed by atoms with Crippen LogP contribution in [0.15, 0.2) is 73.2 Å². The lowest BCUT2D eigenvalue weighted by atomic mass is 10.1. The number of hydrogen-bond acceptors (Lipinski definition) is 4. The fourth-order valence-corrected chi connectivity index (χ4v) is 3.65. The van der Waals surface area contributed by atoms with E-state index in [1.165, 1.54) is 0 Å². The van der Waals surface area contributed by atoms with E-state index in [4.69, 9.17) is 11.6 Å². The molecule has 2 aromatic carbocycles. The Morgan fingerprint density at radius 2 is 1.75 bits per heavy atom. The largest absolute Gasteiger partial charge is 0.323 e.